The van der Waals surface area contributed by atoms with E-state index in [1.54, 1.807) is 0 Å². The fourth-order valence-corrected chi connectivity index (χ4v) is 2.89. The van der Waals surface area contributed by atoms with E-state index in [-0.39, 0.29) is 11.9 Å². The lowest BCUT2D eigenvalue weighted by Crippen LogP contribution is -2.25. The number of thioether (sulfide) groups is 1. The minimum absolute atomic E-state index is 0.215. The molecule has 1 unspecified atom stereocenters. The number of benzene rings is 1. The molecule has 0 aliphatic rings. The Balaban J connectivity index is 2.38. The number of rotatable bonds is 8. The molecule has 0 spiro atoms. The van der Waals surface area contributed by atoms with E-state index in [0.29, 0.717) is 0 Å². The van der Waals surface area contributed by atoms with Crippen LogP contribution in [0.1, 0.15) is 24.7 Å². The molecule has 1 N–H and O–H groups in total. The molecule has 0 saturated heterocycles. The van der Waals surface area contributed by atoms with Gasteiger partial charge < -0.3 is 10.0 Å². The van der Waals surface area contributed by atoms with Crippen molar-refractivity contribution in [3.05, 3.63) is 35.9 Å². The van der Waals surface area contributed by atoms with E-state index in [9.17, 15) is 5.11 Å². The standard InChI is InChI=1S/C14H23NOS/c1-3-15(4-2)10-11-17-14(12-16)13-8-6-5-7-9-13/h5-9,14,16H,3-4,10-12H2,1-2H3. The quantitative estimate of drug-likeness (QED) is 0.770. The van der Waals surface area contributed by atoms with Gasteiger partial charge in [0.1, 0.15) is 0 Å². The van der Waals surface area contributed by atoms with E-state index in [4.69, 9.17) is 0 Å². The third-order valence-electron chi connectivity index (χ3n) is 2.96. The molecule has 0 aromatic heterocycles. The van der Waals surface area contributed by atoms with Crippen molar-refractivity contribution in [3.8, 4) is 0 Å². The van der Waals surface area contributed by atoms with E-state index in [1.807, 2.05) is 30.0 Å². The molecule has 0 aliphatic carbocycles. The van der Waals surface area contributed by atoms with E-state index in [0.717, 1.165) is 25.4 Å². The highest BCUT2D eigenvalue weighted by molar-refractivity contribution is 7.99. The number of hydrogen-bond donors (Lipinski definition) is 1. The second-order valence-corrected chi connectivity index (χ2v) is 5.29. The summed E-state index contributed by atoms with van der Waals surface area (Å²) in [5, 5.41) is 9.64. The maximum atomic E-state index is 9.42. The maximum absolute atomic E-state index is 9.42. The summed E-state index contributed by atoms with van der Waals surface area (Å²) in [5.41, 5.74) is 1.22. The summed E-state index contributed by atoms with van der Waals surface area (Å²) in [6.45, 7) is 7.90. The van der Waals surface area contributed by atoms with Gasteiger partial charge in [-0.3, -0.25) is 0 Å². The molecular weight excluding hydrogens is 230 g/mol. The molecule has 96 valence electrons. The van der Waals surface area contributed by atoms with Gasteiger partial charge in [-0.1, -0.05) is 44.2 Å². The molecule has 1 aromatic carbocycles. The highest BCUT2D eigenvalue weighted by Gasteiger charge is 2.10. The number of aliphatic hydroxyl groups is 1. The monoisotopic (exact) mass is 253 g/mol. The van der Waals surface area contributed by atoms with Gasteiger partial charge in [0.05, 0.1) is 11.9 Å². The van der Waals surface area contributed by atoms with Gasteiger partial charge in [0.15, 0.2) is 0 Å². The second-order valence-electron chi connectivity index (χ2n) is 3.98. The normalized spacial score (nSPS) is 12.9. The lowest BCUT2D eigenvalue weighted by Gasteiger charge is -2.20. The molecule has 1 atom stereocenters. The summed E-state index contributed by atoms with van der Waals surface area (Å²) in [6.07, 6.45) is 0. The van der Waals surface area contributed by atoms with Crippen LogP contribution in [-0.4, -0.2) is 42.0 Å². The lowest BCUT2D eigenvalue weighted by atomic mass is 10.2. The summed E-state index contributed by atoms with van der Waals surface area (Å²) in [5.74, 6) is 1.07. The minimum atomic E-state index is 0.215. The molecule has 0 radical (unpaired) electrons. The van der Waals surface area contributed by atoms with Crippen LogP contribution in [0.4, 0.5) is 0 Å². The molecule has 1 rings (SSSR count). The van der Waals surface area contributed by atoms with E-state index in [2.05, 4.69) is 30.9 Å². The van der Waals surface area contributed by atoms with Crippen molar-refractivity contribution in [2.24, 2.45) is 0 Å². The summed E-state index contributed by atoms with van der Waals surface area (Å²) < 4.78 is 0. The van der Waals surface area contributed by atoms with Gasteiger partial charge in [-0.25, -0.2) is 0 Å². The second kappa shape index (κ2) is 8.56. The molecule has 0 fully saturated rings. The zero-order valence-electron chi connectivity index (χ0n) is 10.8. The van der Waals surface area contributed by atoms with Gasteiger partial charge in [0, 0.05) is 12.3 Å². The Labute approximate surface area is 109 Å². The third kappa shape index (κ3) is 5.11. The molecular formula is C14H23NOS. The van der Waals surface area contributed by atoms with Crippen molar-refractivity contribution in [2.45, 2.75) is 19.1 Å². The predicted octanol–water partition coefficient (Wildman–Crippen LogP) is 2.80. The minimum Gasteiger partial charge on any atom is -0.395 e. The number of nitrogens with zero attached hydrogens (tertiary/aromatic N) is 1. The van der Waals surface area contributed by atoms with Crippen molar-refractivity contribution in [2.75, 3.05) is 32.0 Å². The highest BCUT2D eigenvalue weighted by atomic mass is 32.2. The summed E-state index contributed by atoms with van der Waals surface area (Å²) in [7, 11) is 0. The predicted molar refractivity (Wildman–Crippen MR) is 76.5 cm³/mol. The van der Waals surface area contributed by atoms with E-state index in [1.165, 1.54) is 5.56 Å². The van der Waals surface area contributed by atoms with Crippen LogP contribution in [0.15, 0.2) is 30.3 Å². The maximum Gasteiger partial charge on any atom is 0.0591 e. The van der Waals surface area contributed by atoms with E-state index >= 15 is 0 Å². The van der Waals surface area contributed by atoms with E-state index < -0.39 is 0 Å². The van der Waals surface area contributed by atoms with Gasteiger partial charge in [-0.15, -0.1) is 0 Å². The van der Waals surface area contributed by atoms with Crippen LogP contribution < -0.4 is 0 Å². The van der Waals surface area contributed by atoms with Crippen LogP contribution >= 0.6 is 11.8 Å². The molecule has 0 amide bonds. The smallest absolute Gasteiger partial charge is 0.0591 e. The Hall–Kier alpha value is -0.510. The molecule has 1 aromatic rings. The van der Waals surface area contributed by atoms with Crippen molar-refractivity contribution in [1.29, 1.82) is 0 Å². The Bertz CT molecular complexity index is 288. The first-order valence-electron chi connectivity index (χ1n) is 6.31. The van der Waals surface area contributed by atoms with Crippen LogP contribution in [-0.2, 0) is 0 Å². The van der Waals surface area contributed by atoms with Gasteiger partial charge >= 0.3 is 0 Å². The molecule has 17 heavy (non-hydrogen) atoms. The van der Waals surface area contributed by atoms with Gasteiger partial charge in [0.25, 0.3) is 0 Å². The summed E-state index contributed by atoms with van der Waals surface area (Å²) in [6, 6.07) is 10.3. The first kappa shape index (κ1) is 14.6. The van der Waals surface area contributed by atoms with Crippen molar-refractivity contribution in [3.63, 3.8) is 0 Å². The molecule has 0 bridgehead atoms. The van der Waals surface area contributed by atoms with Gasteiger partial charge in [0.2, 0.25) is 0 Å². The van der Waals surface area contributed by atoms with Crippen molar-refractivity contribution >= 4 is 11.8 Å². The molecule has 2 nitrogen and oxygen atoms in total. The molecule has 0 heterocycles. The summed E-state index contributed by atoms with van der Waals surface area (Å²) >= 11 is 1.84. The van der Waals surface area contributed by atoms with Gasteiger partial charge in [-0.05, 0) is 18.7 Å². The zero-order chi connectivity index (χ0) is 12.5. The number of aliphatic hydroxyl groups excluding tert-OH is 1. The zero-order valence-corrected chi connectivity index (χ0v) is 11.6. The van der Waals surface area contributed by atoms with Crippen LogP contribution in [0.25, 0.3) is 0 Å². The first-order valence-corrected chi connectivity index (χ1v) is 7.36. The Morgan fingerprint density at radius 2 is 1.82 bits per heavy atom. The summed E-state index contributed by atoms with van der Waals surface area (Å²) in [4.78, 5) is 2.41. The van der Waals surface area contributed by atoms with Gasteiger partial charge in [-0.2, -0.15) is 11.8 Å². The van der Waals surface area contributed by atoms with Crippen LogP contribution in [0.3, 0.4) is 0 Å². The van der Waals surface area contributed by atoms with Crippen molar-refractivity contribution < 1.29 is 5.11 Å². The Morgan fingerprint density at radius 3 is 2.35 bits per heavy atom. The highest BCUT2D eigenvalue weighted by Crippen LogP contribution is 2.27. The fourth-order valence-electron chi connectivity index (χ4n) is 1.79. The first-order chi connectivity index (χ1) is 8.31. The number of hydrogen-bond acceptors (Lipinski definition) is 3. The average Bonchev–Trinajstić information content (AvgIpc) is 2.40. The molecule has 0 saturated carbocycles. The Morgan fingerprint density at radius 1 is 1.18 bits per heavy atom. The largest absolute Gasteiger partial charge is 0.395 e. The molecule has 3 heteroatoms. The fraction of sp³-hybridized carbons (Fsp3) is 0.571. The van der Waals surface area contributed by atoms with Crippen LogP contribution in [0.5, 0.6) is 0 Å². The SMILES string of the molecule is CCN(CC)CCSC(CO)c1ccccc1. The van der Waals surface area contributed by atoms with Crippen LogP contribution in [0.2, 0.25) is 0 Å². The lowest BCUT2D eigenvalue weighted by molar-refractivity contribution is 0.295. The Kier molecular flexibility index (Phi) is 7.33. The average molecular weight is 253 g/mol. The topological polar surface area (TPSA) is 23.5 Å². The van der Waals surface area contributed by atoms with Crippen LogP contribution in [0, 0.1) is 0 Å². The molecule has 0 aliphatic heterocycles. The van der Waals surface area contributed by atoms with Crippen molar-refractivity contribution in [1.82, 2.24) is 4.90 Å². The third-order valence-corrected chi connectivity index (χ3v) is 4.20.